The Labute approximate surface area is 241 Å². The number of likely N-dealkylation sites (N-methyl/N-ethyl adjacent to an activating group) is 1. The second-order valence-corrected chi connectivity index (χ2v) is 11.4. The summed E-state index contributed by atoms with van der Waals surface area (Å²) in [4.78, 5) is 32.8. The molecule has 41 heavy (non-hydrogen) atoms. The van der Waals surface area contributed by atoms with E-state index >= 15 is 0 Å². The average Bonchev–Trinajstić information content (AvgIpc) is 2.92. The van der Waals surface area contributed by atoms with Gasteiger partial charge >= 0.3 is 0 Å². The van der Waals surface area contributed by atoms with E-state index < -0.39 is 0 Å². The summed E-state index contributed by atoms with van der Waals surface area (Å²) in [6, 6.07) is 21.1. The molecule has 0 saturated heterocycles. The third-order valence-electron chi connectivity index (χ3n) is 7.07. The molecule has 1 aromatic heterocycles. The predicted molar refractivity (Wildman–Crippen MR) is 166 cm³/mol. The van der Waals surface area contributed by atoms with Crippen LogP contribution >= 0.6 is 0 Å². The second-order valence-electron chi connectivity index (χ2n) is 11.4. The van der Waals surface area contributed by atoms with E-state index in [1.807, 2.05) is 85.6 Å². The number of anilines is 3. The first-order chi connectivity index (χ1) is 19.5. The highest BCUT2D eigenvalue weighted by atomic mass is 16.3. The zero-order valence-corrected chi connectivity index (χ0v) is 24.7. The van der Waals surface area contributed by atoms with Crippen molar-refractivity contribution in [2.75, 3.05) is 30.8 Å². The quantitative estimate of drug-likeness (QED) is 0.254. The Kier molecular flexibility index (Phi) is 9.05. The highest BCUT2D eigenvalue weighted by Gasteiger charge is 2.17. The standard InChI is InChI=1S/C33H39N5O3/c1-22-27(11-8-12-28(22)36-31(40)24-13-15-25(16-14-24)33(2,3)4)29-21-38(6)32(41)30(35-29)34-26-10-7-9-23(19-26)20-37(5)17-18-39/h7-16,19,21,39H,17-18,20H2,1-6H3,(H,34,35)(H,36,40). The van der Waals surface area contributed by atoms with Gasteiger partial charge in [-0.2, -0.15) is 0 Å². The molecule has 4 aromatic rings. The van der Waals surface area contributed by atoms with Gasteiger partial charge in [0.05, 0.1) is 12.3 Å². The second kappa shape index (κ2) is 12.5. The summed E-state index contributed by atoms with van der Waals surface area (Å²) in [5.74, 6) is 0.0182. The van der Waals surface area contributed by atoms with E-state index in [4.69, 9.17) is 0 Å². The monoisotopic (exact) mass is 553 g/mol. The molecule has 1 amide bonds. The zero-order valence-electron chi connectivity index (χ0n) is 24.7. The molecule has 0 fully saturated rings. The fraction of sp³-hybridized carbons (Fsp3) is 0.303. The number of aromatic nitrogens is 2. The number of aryl methyl sites for hydroxylation is 1. The summed E-state index contributed by atoms with van der Waals surface area (Å²) in [6.07, 6.45) is 1.70. The van der Waals surface area contributed by atoms with Gasteiger partial charge in [0.15, 0.2) is 5.82 Å². The van der Waals surface area contributed by atoms with Gasteiger partial charge in [0.2, 0.25) is 0 Å². The van der Waals surface area contributed by atoms with Crippen molar-refractivity contribution in [3.05, 3.63) is 106 Å². The third kappa shape index (κ3) is 7.28. The van der Waals surface area contributed by atoms with E-state index in [-0.39, 0.29) is 29.3 Å². The molecule has 0 bridgehead atoms. The number of carbonyl (C=O) groups excluding carboxylic acids is 1. The predicted octanol–water partition coefficient (Wildman–Crippen LogP) is 5.47. The van der Waals surface area contributed by atoms with Crippen molar-refractivity contribution in [1.29, 1.82) is 0 Å². The lowest BCUT2D eigenvalue weighted by Gasteiger charge is -2.19. The van der Waals surface area contributed by atoms with E-state index in [1.165, 1.54) is 4.57 Å². The summed E-state index contributed by atoms with van der Waals surface area (Å²) in [5.41, 5.74) is 6.24. The topological polar surface area (TPSA) is 99.5 Å². The van der Waals surface area contributed by atoms with Crippen LogP contribution in [0.15, 0.2) is 77.7 Å². The fourth-order valence-electron chi connectivity index (χ4n) is 4.63. The number of amides is 1. The number of carbonyl (C=O) groups is 1. The molecule has 0 aliphatic rings. The lowest BCUT2D eigenvalue weighted by Crippen LogP contribution is -2.22. The molecule has 8 nitrogen and oxygen atoms in total. The van der Waals surface area contributed by atoms with Gasteiger partial charge in [-0.1, -0.05) is 57.2 Å². The molecule has 0 atom stereocenters. The Morgan fingerprint density at radius 1 is 1.05 bits per heavy atom. The van der Waals surface area contributed by atoms with Gasteiger partial charge in [0.1, 0.15) is 0 Å². The Morgan fingerprint density at radius 3 is 2.44 bits per heavy atom. The van der Waals surface area contributed by atoms with Crippen molar-refractivity contribution in [2.45, 2.75) is 39.7 Å². The summed E-state index contributed by atoms with van der Waals surface area (Å²) in [5, 5.41) is 15.4. The van der Waals surface area contributed by atoms with Crippen LogP contribution in [0.4, 0.5) is 17.2 Å². The van der Waals surface area contributed by atoms with Crippen LogP contribution in [-0.2, 0) is 19.0 Å². The molecule has 0 aliphatic carbocycles. The van der Waals surface area contributed by atoms with Crippen LogP contribution in [0.1, 0.15) is 47.8 Å². The first kappa shape index (κ1) is 29.7. The highest BCUT2D eigenvalue weighted by Crippen LogP contribution is 2.29. The molecule has 214 valence electrons. The van der Waals surface area contributed by atoms with E-state index in [9.17, 15) is 14.7 Å². The Hall–Kier alpha value is -4.27. The minimum atomic E-state index is -0.252. The number of aliphatic hydroxyl groups is 1. The van der Waals surface area contributed by atoms with Crippen molar-refractivity contribution >= 4 is 23.1 Å². The van der Waals surface area contributed by atoms with Crippen LogP contribution in [0.3, 0.4) is 0 Å². The third-order valence-corrected chi connectivity index (χ3v) is 7.07. The summed E-state index contributed by atoms with van der Waals surface area (Å²) in [6.45, 7) is 9.69. The Bertz CT molecular complexity index is 1590. The van der Waals surface area contributed by atoms with Crippen molar-refractivity contribution in [2.24, 2.45) is 7.05 Å². The molecule has 4 rings (SSSR count). The molecule has 0 spiro atoms. The first-order valence-corrected chi connectivity index (χ1v) is 13.7. The molecule has 1 heterocycles. The number of rotatable bonds is 9. The smallest absolute Gasteiger partial charge is 0.293 e. The van der Waals surface area contributed by atoms with Gasteiger partial charge in [-0.05, 0) is 66.4 Å². The van der Waals surface area contributed by atoms with Crippen molar-refractivity contribution < 1.29 is 9.90 Å². The minimum absolute atomic E-state index is 0.0102. The number of hydrogen-bond donors (Lipinski definition) is 3. The molecule has 0 saturated carbocycles. The van der Waals surface area contributed by atoms with Gasteiger partial charge < -0.3 is 20.3 Å². The van der Waals surface area contributed by atoms with Gasteiger partial charge in [-0.3, -0.25) is 14.5 Å². The van der Waals surface area contributed by atoms with Crippen LogP contribution in [-0.4, -0.2) is 45.7 Å². The van der Waals surface area contributed by atoms with Gasteiger partial charge in [-0.25, -0.2) is 4.98 Å². The summed E-state index contributed by atoms with van der Waals surface area (Å²) >= 11 is 0. The summed E-state index contributed by atoms with van der Waals surface area (Å²) < 4.78 is 1.50. The molecule has 8 heteroatoms. The minimum Gasteiger partial charge on any atom is -0.395 e. The SMILES string of the molecule is Cc1c(NC(=O)c2ccc(C(C)(C)C)cc2)cccc1-c1cn(C)c(=O)c(Nc2cccc(CN(C)CCO)c2)n1. The molecular weight excluding hydrogens is 514 g/mol. The first-order valence-electron chi connectivity index (χ1n) is 13.7. The van der Waals surface area contributed by atoms with Gasteiger partial charge in [0, 0.05) is 48.8 Å². The molecular formula is C33H39N5O3. The Morgan fingerprint density at radius 2 is 1.76 bits per heavy atom. The van der Waals surface area contributed by atoms with Crippen molar-refractivity contribution in [3.8, 4) is 11.3 Å². The van der Waals surface area contributed by atoms with Crippen LogP contribution in [0, 0.1) is 6.92 Å². The lowest BCUT2D eigenvalue weighted by atomic mass is 9.86. The lowest BCUT2D eigenvalue weighted by molar-refractivity contribution is 0.102. The number of hydrogen-bond acceptors (Lipinski definition) is 6. The maximum atomic E-state index is 13.1. The normalized spacial score (nSPS) is 11.5. The van der Waals surface area contributed by atoms with E-state index in [0.29, 0.717) is 30.0 Å². The fourth-order valence-corrected chi connectivity index (χ4v) is 4.63. The number of nitrogens with one attached hydrogen (secondary N) is 2. The van der Waals surface area contributed by atoms with Crippen molar-refractivity contribution in [1.82, 2.24) is 14.5 Å². The number of aliphatic hydroxyl groups excluding tert-OH is 1. The highest BCUT2D eigenvalue weighted by molar-refractivity contribution is 6.05. The molecule has 0 unspecified atom stereocenters. The van der Waals surface area contributed by atoms with Crippen LogP contribution in [0.2, 0.25) is 0 Å². The summed E-state index contributed by atoms with van der Waals surface area (Å²) in [7, 11) is 3.64. The molecule has 0 aliphatic heterocycles. The van der Waals surface area contributed by atoms with Crippen LogP contribution in [0.5, 0.6) is 0 Å². The van der Waals surface area contributed by atoms with E-state index in [0.717, 1.165) is 27.9 Å². The number of benzene rings is 3. The van der Waals surface area contributed by atoms with Crippen LogP contribution < -0.4 is 16.2 Å². The zero-order chi connectivity index (χ0) is 29.7. The van der Waals surface area contributed by atoms with Crippen molar-refractivity contribution in [3.63, 3.8) is 0 Å². The van der Waals surface area contributed by atoms with E-state index in [1.54, 1.807) is 13.2 Å². The Balaban J connectivity index is 1.59. The largest absolute Gasteiger partial charge is 0.395 e. The molecule has 0 radical (unpaired) electrons. The van der Waals surface area contributed by atoms with Gasteiger partial charge in [0.25, 0.3) is 11.5 Å². The maximum absolute atomic E-state index is 13.1. The van der Waals surface area contributed by atoms with Crippen LogP contribution in [0.25, 0.3) is 11.3 Å². The maximum Gasteiger partial charge on any atom is 0.293 e. The average molecular weight is 554 g/mol. The van der Waals surface area contributed by atoms with E-state index in [2.05, 4.69) is 36.4 Å². The van der Waals surface area contributed by atoms with Gasteiger partial charge in [-0.15, -0.1) is 0 Å². The molecule has 3 N–H and O–H groups in total. The molecule has 3 aromatic carbocycles. The number of nitrogens with zero attached hydrogens (tertiary/aromatic N) is 3.